The molecule has 188 valence electrons. The van der Waals surface area contributed by atoms with Crippen LogP contribution in [0.3, 0.4) is 0 Å². The third kappa shape index (κ3) is 3.30. The summed E-state index contributed by atoms with van der Waals surface area (Å²) >= 11 is 0. The normalized spacial score (nSPS) is 22.4. The zero-order chi connectivity index (χ0) is 26.4. The first kappa shape index (κ1) is 23.9. The number of anilines is 3. The van der Waals surface area contributed by atoms with Gasteiger partial charge in [0.25, 0.3) is 5.91 Å². The molecule has 2 aliphatic rings. The molecule has 2 heterocycles. The summed E-state index contributed by atoms with van der Waals surface area (Å²) in [5.74, 6) is -0.305. The number of hydrazone groups is 1. The van der Waals surface area contributed by atoms with Crippen molar-refractivity contribution < 1.29 is 4.79 Å². The number of fused-ring (bicyclic) bond motifs is 1. The van der Waals surface area contributed by atoms with Crippen molar-refractivity contribution in [2.45, 2.75) is 32.7 Å². The summed E-state index contributed by atoms with van der Waals surface area (Å²) in [4.78, 5) is 17.3. The Morgan fingerprint density at radius 2 is 1.32 bits per heavy atom. The number of rotatable bonds is 4. The summed E-state index contributed by atoms with van der Waals surface area (Å²) in [7, 11) is 0. The van der Waals surface area contributed by atoms with E-state index in [0.717, 1.165) is 45.0 Å². The summed E-state index contributed by atoms with van der Waals surface area (Å²) in [6.07, 6.45) is 1.95. The van der Waals surface area contributed by atoms with Gasteiger partial charge in [-0.25, -0.2) is 0 Å². The molecule has 1 spiro atoms. The fourth-order valence-electron chi connectivity index (χ4n) is 6.45. The molecule has 4 nitrogen and oxygen atoms in total. The number of hydrogen-bond donors (Lipinski definition) is 0. The molecule has 0 N–H and O–H groups in total. The molecule has 4 aromatic carbocycles. The number of aryl methyl sites for hydroxylation is 2. The Balaban J connectivity index is 1.72. The van der Waals surface area contributed by atoms with Crippen molar-refractivity contribution in [1.82, 2.24) is 0 Å². The van der Waals surface area contributed by atoms with E-state index < -0.39 is 5.41 Å². The molecule has 0 radical (unpaired) electrons. The van der Waals surface area contributed by atoms with Gasteiger partial charge in [0, 0.05) is 17.3 Å². The Kier molecular flexibility index (Phi) is 5.76. The molecule has 0 aromatic heterocycles. The molecular weight excluding hydrogens is 466 g/mol. The van der Waals surface area contributed by atoms with Crippen LogP contribution in [0.2, 0.25) is 0 Å². The van der Waals surface area contributed by atoms with Crippen molar-refractivity contribution in [2.24, 2.45) is 10.5 Å². The predicted octanol–water partition coefficient (Wildman–Crippen LogP) is 7.88. The lowest BCUT2D eigenvalue weighted by Gasteiger charge is -2.53. The van der Waals surface area contributed by atoms with Crippen LogP contribution in [-0.2, 0) is 4.79 Å². The number of carbonyl (C=O) groups is 1. The zero-order valence-electron chi connectivity index (χ0n) is 22.0. The fourth-order valence-corrected chi connectivity index (χ4v) is 6.45. The number of para-hydroxylation sites is 3. The van der Waals surface area contributed by atoms with Crippen molar-refractivity contribution in [1.29, 1.82) is 0 Å². The number of carbonyl (C=O) groups excluding carboxylic acids is 1. The summed E-state index contributed by atoms with van der Waals surface area (Å²) in [5.41, 5.74) is 7.19. The Morgan fingerprint density at radius 1 is 0.737 bits per heavy atom. The molecule has 0 fully saturated rings. The number of benzene rings is 4. The highest BCUT2D eigenvalue weighted by Crippen LogP contribution is 2.62. The van der Waals surface area contributed by atoms with Gasteiger partial charge in [-0.1, -0.05) is 84.9 Å². The smallest absolute Gasteiger partial charge is 0.262 e. The SMILES string of the molecule is C=C[C@H]1c2ccccc2N(c2ccccc2C)[C@@H](c2ccccc2C)[C@]12C(=O)N(c1ccccc1)N=C2C. The van der Waals surface area contributed by atoms with Gasteiger partial charge in [-0.3, -0.25) is 4.79 Å². The van der Waals surface area contributed by atoms with E-state index in [1.165, 1.54) is 0 Å². The number of allylic oxidation sites excluding steroid dienone is 1. The third-order valence-electron chi connectivity index (χ3n) is 8.20. The van der Waals surface area contributed by atoms with Crippen molar-refractivity contribution in [3.63, 3.8) is 0 Å². The minimum Gasteiger partial charge on any atom is -0.332 e. The second-order valence-electron chi connectivity index (χ2n) is 10.2. The fraction of sp³-hybridized carbons (Fsp3) is 0.176. The average molecular weight is 498 g/mol. The largest absolute Gasteiger partial charge is 0.332 e. The van der Waals surface area contributed by atoms with Gasteiger partial charge < -0.3 is 4.90 Å². The van der Waals surface area contributed by atoms with E-state index in [0.29, 0.717) is 0 Å². The van der Waals surface area contributed by atoms with Crippen LogP contribution in [0, 0.1) is 19.3 Å². The number of hydrogen-bond acceptors (Lipinski definition) is 3. The highest BCUT2D eigenvalue weighted by atomic mass is 16.2. The van der Waals surface area contributed by atoms with Gasteiger partial charge in [-0.15, -0.1) is 6.58 Å². The van der Waals surface area contributed by atoms with Crippen LogP contribution in [0.5, 0.6) is 0 Å². The van der Waals surface area contributed by atoms with Gasteiger partial charge in [0.15, 0.2) is 0 Å². The quantitative estimate of drug-likeness (QED) is 0.269. The number of amides is 1. The lowest BCUT2D eigenvalue weighted by atomic mass is 9.59. The molecule has 0 bridgehead atoms. The van der Waals surface area contributed by atoms with E-state index in [9.17, 15) is 4.79 Å². The Labute approximate surface area is 224 Å². The van der Waals surface area contributed by atoms with Crippen LogP contribution >= 0.6 is 0 Å². The first-order valence-corrected chi connectivity index (χ1v) is 13.1. The Bertz CT molecular complexity index is 1570. The van der Waals surface area contributed by atoms with Crippen LogP contribution in [0.25, 0.3) is 0 Å². The van der Waals surface area contributed by atoms with Gasteiger partial charge in [-0.2, -0.15) is 10.1 Å². The molecule has 0 saturated carbocycles. The molecule has 6 rings (SSSR count). The third-order valence-corrected chi connectivity index (χ3v) is 8.20. The van der Waals surface area contributed by atoms with Crippen LogP contribution in [0.15, 0.2) is 121 Å². The van der Waals surface area contributed by atoms with E-state index >= 15 is 0 Å². The van der Waals surface area contributed by atoms with E-state index in [1.54, 1.807) is 5.01 Å². The molecule has 1 amide bonds. The van der Waals surface area contributed by atoms with Gasteiger partial charge in [-0.05, 0) is 67.3 Å². The highest BCUT2D eigenvalue weighted by molar-refractivity contribution is 6.21. The van der Waals surface area contributed by atoms with Gasteiger partial charge >= 0.3 is 0 Å². The van der Waals surface area contributed by atoms with E-state index in [-0.39, 0.29) is 17.9 Å². The monoisotopic (exact) mass is 497 g/mol. The first-order chi connectivity index (χ1) is 18.5. The number of nitrogens with zero attached hydrogens (tertiary/aromatic N) is 3. The summed E-state index contributed by atoms with van der Waals surface area (Å²) in [6.45, 7) is 10.6. The highest BCUT2D eigenvalue weighted by Gasteiger charge is 2.64. The molecule has 4 aromatic rings. The summed E-state index contributed by atoms with van der Waals surface area (Å²) < 4.78 is 0. The molecule has 2 aliphatic heterocycles. The lowest BCUT2D eigenvalue weighted by molar-refractivity contribution is -0.125. The van der Waals surface area contributed by atoms with E-state index in [1.807, 2.05) is 49.4 Å². The molecule has 0 unspecified atom stereocenters. The molecule has 0 saturated heterocycles. The maximum absolute atomic E-state index is 15.0. The summed E-state index contributed by atoms with van der Waals surface area (Å²) in [6, 6.07) is 34.6. The van der Waals surface area contributed by atoms with Crippen molar-refractivity contribution in [3.8, 4) is 0 Å². The molecule has 4 heteroatoms. The van der Waals surface area contributed by atoms with Crippen molar-refractivity contribution in [3.05, 3.63) is 138 Å². The van der Waals surface area contributed by atoms with Crippen molar-refractivity contribution in [2.75, 3.05) is 9.91 Å². The van der Waals surface area contributed by atoms with E-state index in [2.05, 4.69) is 92.1 Å². The lowest BCUT2D eigenvalue weighted by Crippen LogP contribution is -2.55. The van der Waals surface area contributed by atoms with Gasteiger partial charge in [0.2, 0.25) is 0 Å². The minimum atomic E-state index is -1.000. The van der Waals surface area contributed by atoms with Gasteiger partial charge in [0.05, 0.1) is 17.4 Å². The molecule has 0 aliphatic carbocycles. The van der Waals surface area contributed by atoms with E-state index in [4.69, 9.17) is 5.10 Å². The van der Waals surface area contributed by atoms with Crippen molar-refractivity contribution >= 4 is 28.7 Å². The van der Waals surface area contributed by atoms with Crippen LogP contribution < -0.4 is 9.91 Å². The second-order valence-corrected chi connectivity index (χ2v) is 10.2. The maximum atomic E-state index is 15.0. The van der Waals surface area contributed by atoms with Crippen LogP contribution in [-0.4, -0.2) is 11.6 Å². The molecular formula is C34H31N3O. The minimum absolute atomic E-state index is 0.0348. The Hall–Kier alpha value is -4.44. The molecule has 38 heavy (non-hydrogen) atoms. The van der Waals surface area contributed by atoms with Crippen LogP contribution in [0.4, 0.5) is 17.1 Å². The zero-order valence-corrected chi connectivity index (χ0v) is 22.0. The predicted molar refractivity (Wildman–Crippen MR) is 156 cm³/mol. The molecule has 3 atom stereocenters. The average Bonchev–Trinajstić information content (AvgIpc) is 3.20. The topological polar surface area (TPSA) is 35.9 Å². The Morgan fingerprint density at radius 3 is 1.97 bits per heavy atom. The second kappa shape index (κ2) is 9.14. The summed E-state index contributed by atoms with van der Waals surface area (Å²) in [5, 5.41) is 6.57. The maximum Gasteiger partial charge on any atom is 0.262 e. The van der Waals surface area contributed by atoms with Crippen LogP contribution in [0.1, 0.15) is 41.1 Å². The first-order valence-electron chi connectivity index (χ1n) is 13.1. The standard InChI is InChI=1S/C34H31N3O/c1-5-29-28-20-12-14-22-31(28)36(30-21-13-10-16-24(30)3)32(27-19-11-9-15-23(27)2)34(29)25(4)35-37(33(34)38)26-17-7-6-8-18-26/h5-22,29,32H,1H2,2-4H3/t29-,32-,34+/m0/s1. The van der Waals surface area contributed by atoms with Gasteiger partial charge in [0.1, 0.15) is 5.41 Å².